The largest absolute Gasteiger partial charge is 0.324 e. The van der Waals surface area contributed by atoms with E-state index in [4.69, 9.17) is 11.6 Å². The van der Waals surface area contributed by atoms with Crippen molar-refractivity contribution in [2.45, 2.75) is 6.92 Å². The maximum Gasteiger partial charge on any atom is 0.324 e. The molecule has 21 heavy (non-hydrogen) atoms. The van der Waals surface area contributed by atoms with E-state index in [0.29, 0.717) is 16.3 Å². The van der Waals surface area contributed by atoms with E-state index in [-0.39, 0.29) is 11.5 Å². The number of urea groups is 1. The molecule has 2 aromatic rings. The van der Waals surface area contributed by atoms with Crippen molar-refractivity contribution >= 4 is 34.8 Å². The third kappa shape index (κ3) is 3.90. The van der Waals surface area contributed by atoms with Crippen molar-refractivity contribution in [2.75, 3.05) is 10.6 Å². The summed E-state index contributed by atoms with van der Waals surface area (Å²) < 4.78 is 0. The van der Waals surface area contributed by atoms with Crippen LogP contribution < -0.4 is 10.6 Å². The van der Waals surface area contributed by atoms with Gasteiger partial charge < -0.3 is 5.32 Å². The van der Waals surface area contributed by atoms with Gasteiger partial charge in [0.25, 0.3) is 5.69 Å². The normalized spacial score (nSPS) is 10.0. The summed E-state index contributed by atoms with van der Waals surface area (Å²) in [4.78, 5) is 25.7. The molecule has 7 nitrogen and oxygen atoms in total. The lowest BCUT2D eigenvalue weighted by Crippen LogP contribution is -2.20. The molecule has 0 saturated heterocycles. The summed E-state index contributed by atoms with van der Waals surface area (Å²) in [5.41, 5.74) is 0.881. The number of hydrogen-bond donors (Lipinski definition) is 2. The number of aryl methyl sites for hydroxylation is 1. The minimum absolute atomic E-state index is 0.0985. The second kappa shape index (κ2) is 6.19. The molecule has 0 unspecified atom stereocenters. The van der Waals surface area contributed by atoms with E-state index < -0.39 is 11.0 Å². The number of halogens is 1. The van der Waals surface area contributed by atoms with Gasteiger partial charge in [0.05, 0.1) is 4.92 Å². The van der Waals surface area contributed by atoms with Gasteiger partial charge in [0.2, 0.25) is 0 Å². The molecule has 0 fully saturated rings. The number of nitrogens with zero attached hydrogens (tertiary/aromatic N) is 2. The molecule has 1 aromatic carbocycles. The Labute approximate surface area is 125 Å². The van der Waals surface area contributed by atoms with Crippen LogP contribution in [0.4, 0.5) is 22.0 Å². The summed E-state index contributed by atoms with van der Waals surface area (Å²) in [5, 5.41) is 16.3. The maximum atomic E-state index is 11.8. The Morgan fingerprint density at radius 1 is 1.29 bits per heavy atom. The van der Waals surface area contributed by atoms with E-state index in [1.807, 2.05) is 0 Å². The Morgan fingerprint density at radius 3 is 2.52 bits per heavy atom. The number of pyridine rings is 1. The molecule has 0 aliphatic rings. The number of anilines is 2. The van der Waals surface area contributed by atoms with Gasteiger partial charge in [-0.05, 0) is 37.3 Å². The van der Waals surface area contributed by atoms with Crippen LogP contribution in [0.3, 0.4) is 0 Å². The third-order valence-corrected chi connectivity index (χ3v) is 2.88. The number of nitro groups is 1. The molecule has 0 saturated carbocycles. The summed E-state index contributed by atoms with van der Waals surface area (Å²) in [7, 11) is 0. The SMILES string of the molecule is Cc1cc(NC(=O)Nc2ccc(Cl)cc2)ncc1[N+](=O)[O-]. The molecular weight excluding hydrogens is 296 g/mol. The molecule has 2 N–H and O–H groups in total. The highest BCUT2D eigenvalue weighted by Crippen LogP contribution is 2.19. The first-order chi connectivity index (χ1) is 9.95. The van der Waals surface area contributed by atoms with Crippen LogP contribution in [-0.4, -0.2) is 15.9 Å². The molecule has 8 heteroatoms. The van der Waals surface area contributed by atoms with Crippen LogP contribution in [-0.2, 0) is 0 Å². The molecule has 108 valence electrons. The summed E-state index contributed by atoms with van der Waals surface area (Å²) in [5.74, 6) is 0.226. The van der Waals surface area contributed by atoms with Gasteiger partial charge in [-0.3, -0.25) is 15.4 Å². The Morgan fingerprint density at radius 2 is 1.95 bits per heavy atom. The lowest BCUT2D eigenvalue weighted by molar-refractivity contribution is -0.385. The Balaban J connectivity index is 2.04. The fraction of sp³-hybridized carbons (Fsp3) is 0.0769. The van der Waals surface area contributed by atoms with Crippen LogP contribution >= 0.6 is 11.6 Å². The topological polar surface area (TPSA) is 97.2 Å². The van der Waals surface area contributed by atoms with Crippen molar-refractivity contribution in [3.8, 4) is 0 Å². The highest BCUT2D eigenvalue weighted by Gasteiger charge is 2.12. The van der Waals surface area contributed by atoms with Crippen LogP contribution in [0.25, 0.3) is 0 Å². The van der Waals surface area contributed by atoms with Gasteiger partial charge in [0.1, 0.15) is 12.0 Å². The summed E-state index contributed by atoms with van der Waals surface area (Å²) in [6, 6.07) is 7.52. The fourth-order valence-corrected chi connectivity index (χ4v) is 1.75. The lowest BCUT2D eigenvalue weighted by atomic mass is 10.2. The number of hydrogen-bond acceptors (Lipinski definition) is 4. The van der Waals surface area contributed by atoms with Gasteiger partial charge in [-0.15, -0.1) is 0 Å². The minimum Gasteiger partial charge on any atom is -0.308 e. The summed E-state index contributed by atoms with van der Waals surface area (Å²) in [6.45, 7) is 1.57. The molecule has 0 radical (unpaired) electrons. The monoisotopic (exact) mass is 306 g/mol. The molecule has 0 spiro atoms. The first-order valence-electron chi connectivity index (χ1n) is 5.90. The van der Waals surface area contributed by atoms with Gasteiger partial charge in [0, 0.05) is 16.3 Å². The Kier molecular flexibility index (Phi) is 4.34. The van der Waals surface area contributed by atoms with Gasteiger partial charge in [0.15, 0.2) is 0 Å². The number of nitrogens with one attached hydrogen (secondary N) is 2. The predicted molar refractivity (Wildman–Crippen MR) is 79.7 cm³/mol. The fourth-order valence-electron chi connectivity index (χ4n) is 1.62. The quantitative estimate of drug-likeness (QED) is 0.668. The molecule has 2 rings (SSSR count). The highest BCUT2D eigenvalue weighted by atomic mass is 35.5. The van der Waals surface area contributed by atoms with Crippen LogP contribution in [0, 0.1) is 17.0 Å². The standard InChI is InChI=1S/C13H11ClN4O3/c1-8-6-12(15-7-11(8)18(20)21)17-13(19)16-10-4-2-9(14)3-5-10/h2-7H,1H3,(H2,15,16,17,19). The average molecular weight is 307 g/mol. The highest BCUT2D eigenvalue weighted by molar-refractivity contribution is 6.30. The smallest absolute Gasteiger partial charge is 0.308 e. The van der Waals surface area contributed by atoms with Crippen molar-refractivity contribution in [3.05, 3.63) is 57.2 Å². The number of aromatic nitrogens is 1. The molecule has 1 heterocycles. The number of benzene rings is 1. The average Bonchev–Trinajstić information content (AvgIpc) is 2.41. The zero-order valence-electron chi connectivity index (χ0n) is 11.0. The van der Waals surface area contributed by atoms with Crippen molar-refractivity contribution in [3.63, 3.8) is 0 Å². The number of amides is 2. The van der Waals surface area contributed by atoms with E-state index in [9.17, 15) is 14.9 Å². The zero-order valence-corrected chi connectivity index (χ0v) is 11.7. The second-order valence-electron chi connectivity index (χ2n) is 4.20. The van der Waals surface area contributed by atoms with Crippen molar-refractivity contribution in [1.82, 2.24) is 4.98 Å². The van der Waals surface area contributed by atoms with E-state index >= 15 is 0 Å². The predicted octanol–water partition coefficient (Wildman–Crippen LogP) is 3.60. The first kappa shape index (κ1) is 14.7. The van der Waals surface area contributed by atoms with Crippen LogP contribution in [0.1, 0.15) is 5.56 Å². The van der Waals surface area contributed by atoms with Crippen LogP contribution in [0.5, 0.6) is 0 Å². The Bertz CT molecular complexity index is 688. The number of carbonyl (C=O) groups is 1. The van der Waals surface area contributed by atoms with Crippen molar-refractivity contribution in [1.29, 1.82) is 0 Å². The zero-order chi connectivity index (χ0) is 15.4. The molecule has 0 aliphatic carbocycles. The van der Waals surface area contributed by atoms with E-state index in [0.717, 1.165) is 6.20 Å². The molecule has 2 amide bonds. The summed E-state index contributed by atoms with van der Waals surface area (Å²) >= 11 is 5.74. The number of carbonyl (C=O) groups excluding carboxylic acids is 1. The molecule has 0 aliphatic heterocycles. The van der Waals surface area contributed by atoms with Crippen LogP contribution in [0.2, 0.25) is 5.02 Å². The van der Waals surface area contributed by atoms with Gasteiger partial charge in [-0.2, -0.15) is 0 Å². The van der Waals surface area contributed by atoms with E-state index in [2.05, 4.69) is 15.6 Å². The second-order valence-corrected chi connectivity index (χ2v) is 4.64. The molecule has 1 aromatic heterocycles. The number of rotatable bonds is 3. The van der Waals surface area contributed by atoms with Crippen molar-refractivity contribution in [2.24, 2.45) is 0 Å². The van der Waals surface area contributed by atoms with E-state index in [1.165, 1.54) is 6.07 Å². The first-order valence-corrected chi connectivity index (χ1v) is 6.28. The van der Waals surface area contributed by atoms with Gasteiger partial charge >= 0.3 is 6.03 Å². The van der Waals surface area contributed by atoms with E-state index in [1.54, 1.807) is 31.2 Å². The van der Waals surface area contributed by atoms with Gasteiger partial charge in [-0.1, -0.05) is 11.6 Å². The molecule has 0 bridgehead atoms. The molecule has 0 atom stereocenters. The lowest BCUT2D eigenvalue weighted by Gasteiger charge is -2.07. The van der Waals surface area contributed by atoms with Crippen molar-refractivity contribution < 1.29 is 9.72 Å². The Hall–Kier alpha value is -2.67. The third-order valence-electron chi connectivity index (χ3n) is 2.62. The maximum absolute atomic E-state index is 11.8. The van der Waals surface area contributed by atoms with Crippen LogP contribution in [0.15, 0.2) is 36.5 Å². The molecular formula is C13H11ClN4O3. The van der Waals surface area contributed by atoms with Gasteiger partial charge in [-0.25, -0.2) is 9.78 Å². The summed E-state index contributed by atoms with van der Waals surface area (Å²) in [6.07, 6.45) is 1.10. The minimum atomic E-state index is -0.528.